The maximum Gasteiger partial charge on any atom is 0.417 e. The average Bonchev–Trinajstić information content (AvgIpc) is 2.93. The summed E-state index contributed by atoms with van der Waals surface area (Å²) >= 11 is 6.63. The first kappa shape index (κ1) is 19.3. The van der Waals surface area contributed by atoms with Gasteiger partial charge in [-0.2, -0.15) is 13.2 Å². The summed E-state index contributed by atoms with van der Waals surface area (Å²) in [6, 6.07) is 0.117. The predicted octanol–water partition coefficient (Wildman–Crippen LogP) is 2.73. The quantitative estimate of drug-likeness (QED) is 0.760. The molecule has 2 aromatic rings. The Morgan fingerprint density at radius 3 is 2.72 bits per heavy atom. The smallest absolute Gasteiger partial charge is 0.338 e. The summed E-state index contributed by atoms with van der Waals surface area (Å²) in [4.78, 5) is 23.0. The standard InChI is InChI=1S/C13H13ClF3N5O2S/c1-2-3-18-11(24)19-9(23)6-25-12-21-20-10-8(14)4-7(5-22(10)12)13(15,16)17/h4-5H,2-3,6H2,1H3,(H2,18,19,23,24). The second-order valence-electron chi connectivity index (χ2n) is 4.84. The number of rotatable bonds is 5. The van der Waals surface area contributed by atoms with Crippen molar-refractivity contribution in [3.63, 3.8) is 0 Å². The number of aromatic nitrogens is 3. The molecule has 0 radical (unpaired) electrons. The van der Waals surface area contributed by atoms with Crippen LogP contribution in [0.1, 0.15) is 18.9 Å². The van der Waals surface area contributed by atoms with Crippen molar-refractivity contribution in [2.45, 2.75) is 24.7 Å². The second-order valence-corrected chi connectivity index (χ2v) is 6.19. The summed E-state index contributed by atoms with van der Waals surface area (Å²) in [6.45, 7) is 2.27. The van der Waals surface area contributed by atoms with Crippen LogP contribution in [-0.2, 0) is 11.0 Å². The lowest BCUT2D eigenvalue weighted by Gasteiger charge is -2.08. The van der Waals surface area contributed by atoms with Crippen molar-refractivity contribution < 1.29 is 22.8 Å². The van der Waals surface area contributed by atoms with Crippen molar-refractivity contribution >= 4 is 40.9 Å². The van der Waals surface area contributed by atoms with E-state index in [2.05, 4.69) is 20.8 Å². The summed E-state index contributed by atoms with van der Waals surface area (Å²) in [7, 11) is 0. The number of nitrogens with one attached hydrogen (secondary N) is 2. The fraction of sp³-hybridized carbons (Fsp3) is 0.385. The molecule has 2 aromatic heterocycles. The fourth-order valence-corrected chi connectivity index (χ4v) is 2.72. The van der Waals surface area contributed by atoms with Gasteiger partial charge in [-0.15, -0.1) is 10.2 Å². The third kappa shape index (κ3) is 4.98. The van der Waals surface area contributed by atoms with Crippen LogP contribution in [0.25, 0.3) is 5.65 Å². The zero-order chi connectivity index (χ0) is 18.6. The van der Waals surface area contributed by atoms with E-state index in [9.17, 15) is 22.8 Å². The number of hydrogen-bond acceptors (Lipinski definition) is 5. The number of pyridine rings is 1. The Labute approximate surface area is 149 Å². The van der Waals surface area contributed by atoms with Gasteiger partial charge in [-0.25, -0.2) is 4.79 Å². The Bertz CT molecular complexity index is 796. The molecule has 2 heterocycles. The van der Waals surface area contributed by atoms with Gasteiger partial charge in [0, 0.05) is 12.7 Å². The lowest BCUT2D eigenvalue weighted by molar-refractivity contribution is -0.137. The first-order valence-corrected chi connectivity index (χ1v) is 8.40. The monoisotopic (exact) mass is 395 g/mol. The van der Waals surface area contributed by atoms with Crippen molar-refractivity contribution in [3.05, 3.63) is 22.8 Å². The number of hydrogen-bond donors (Lipinski definition) is 2. The van der Waals surface area contributed by atoms with E-state index in [4.69, 9.17) is 11.6 Å². The minimum absolute atomic E-state index is 0.0401. The van der Waals surface area contributed by atoms with E-state index in [1.807, 2.05) is 6.92 Å². The molecule has 3 amide bonds. The molecular formula is C13H13ClF3N5O2S. The molecule has 0 saturated carbocycles. The molecule has 0 saturated heterocycles. The van der Waals surface area contributed by atoms with Crippen molar-refractivity contribution in [1.29, 1.82) is 0 Å². The highest BCUT2D eigenvalue weighted by molar-refractivity contribution is 7.99. The molecule has 0 aliphatic rings. The predicted molar refractivity (Wildman–Crippen MR) is 85.6 cm³/mol. The van der Waals surface area contributed by atoms with E-state index in [0.29, 0.717) is 13.0 Å². The molecular weight excluding hydrogens is 383 g/mol. The maximum absolute atomic E-state index is 12.9. The van der Waals surface area contributed by atoms with Gasteiger partial charge in [-0.3, -0.25) is 14.5 Å². The number of halogens is 4. The SMILES string of the molecule is CCCNC(=O)NC(=O)CSc1nnc2c(Cl)cc(C(F)(F)F)cn12. The van der Waals surface area contributed by atoms with Crippen molar-refractivity contribution in [3.8, 4) is 0 Å². The van der Waals surface area contributed by atoms with Crippen molar-refractivity contribution in [2.24, 2.45) is 0 Å². The largest absolute Gasteiger partial charge is 0.417 e. The molecule has 0 aliphatic carbocycles. The minimum atomic E-state index is -4.58. The molecule has 2 N–H and O–H groups in total. The Balaban J connectivity index is 2.10. The zero-order valence-electron chi connectivity index (χ0n) is 12.9. The van der Waals surface area contributed by atoms with Gasteiger partial charge in [0.25, 0.3) is 0 Å². The Kier molecular flexibility index (Phi) is 6.11. The number of alkyl halides is 3. The molecule has 25 heavy (non-hydrogen) atoms. The lowest BCUT2D eigenvalue weighted by atomic mass is 10.3. The molecule has 12 heteroatoms. The van der Waals surface area contributed by atoms with Crippen LogP contribution in [0.3, 0.4) is 0 Å². The van der Waals surface area contributed by atoms with Crippen molar-refractivity contribution in [1.82, 2.24) is 25.2 Å². The first-order chi connectivity index (χ1) is 11.7. The van der Waals surface area contributed by atoms with Crippen LogP contribution in [0.2, 0.25) is 5.02 Å². The number of carbonyl (C=O) groups excluding carboxylic acids is 2. The topological polar surface area (TPSA) is 88.4 Å². The summed E-state index contributed by atoms with van der Waals surface area (Å²) in [6.07, 6.45) is -3.07. The number of imide groups is 1. The summed E-state index contributed by atoms with van der Waals surface area (Å²) in [5.74, 6) is -0.845. The summed E-state index contributed by atoms with van der Waals surface area (Å²) in [5.41, 5.74) is -0.923. The van der Waals surface area contributed by atoms with Crippen LogP contribution in [0.5, 0.6) is 0 Å². The van der Waals surface area contributed by atoms with Gasteiger partial charge in [0.05, 0.1) is 16.3 Å². The number of thioether (sulfide) groups is 1. The number of urea groups is 1. The van der Waals surface area contributed by atoms with E-state index in [0.717, 1.165) is 28.4 Å². The number of carbonyl (C=O) groups is 2. The lowest BCUT2D eigenvalue weighted by Crippen LogP contribution is -2.40. The van der Waals surface area contributed by atoms with Crippen LogP contribution in [-0.4, -0.2) is 38.8 Å². The van der Waals surface area contributed by atoms with Gasteiger partial charge in [0.1, 0.15) is 0 Å². The van der Waals surface area contributed by atoms with Gasteiger partial charge in [0.2, 0.25) is 5.91 Å². The molecule has 0 bridgehead atoms. The van der Waals surface area contributed by atoms with E-state index in [1.54, 1.807) is 0 Å². The Morgan fingerprint density at radius 2 is 2.08 bits per heavy atom. The molecule has 0 aromatic carbocycles. The Hall–Kier alpha value is -2.01. The average molecular weight is 396 g/mol. The molecule has 0 unspecified atom stereocenters. The van der Waals surface area contributed by atoms with Crippen LogP contribution >= 0.6 is 23.4 Å². The molecule has 2 rings (SSSR count). The van der Waals surface area contributed by atoms with Gasteiger partial charge in [-0.05, 0) is 12.5 Å². The third-order valence-electron chi connectivity index (χ3n) is 2.88. The summed E-state index contributed by atoms with van der Waals surface area (Å²) < 4.78 is 39.7. The maximum atomic E-state index is 12.9. The highest BCUT2D eigenvalue weighted by atomic mass is 35.5. The molecule has 0 aliphatic heterocycles. The summed E-state index contributed by atoms with van der Waals surface area (Å²) in [5, 5.41) is 11.8. The molecule has 0 fully saturated rings. The number of amides is 3. The zero-order valence-corrected chi connectivity index (χ0v) is 14.4. The van der Waals surface area contributed by atoms with E-state index in [1.165, 1.54) is 0 Å². The molecule has 7 nitrogen and oxygen atoms in total. The number of fused-ring (bicyclic) bond motifs is 1. The van der Waals surface area contributed by atoms with Crippen LogP contribution in [0.4, 0.5) is 18.0 Å². The molecule has 0 atom stereocenters. The van der Waals surface area contributed by atoms with Gasteiger partial charge >= 0.3 is 12.2 Å². The Morgan fingerprint density at radius 1 is 1.36 bits per heavy atom. The van der Waals surface area contributed by atoms with E-state index < -0.39 is 23.7 Å². The normalized spacial score (nSPS) is 11.6. The van der Waals surface area contributed by atoms with Gasteiger partial charge < -0.3 is 5.32 Å². The first-order valence-electron chi connectivity index (χ1n) is 7.04. The molecule has 136 valence electrons. The second kappa shape index (κ2) is 7.91. The fourth-order valence-electron chi connectivity index (χ4n) is 1.76. The van der Waals surface area contributed by atoms with Crippen LogP contribution in [0, 0.1) is 0 Å². The van der Waals surface area contributed by atoms with Gasteiger partial charge in [0.15, 0.2) is 10.8 Å². The van der Waals surface area contributed by atoms with Crippen LogP contribution in [0.15, 0.2) is 17.4 Å². The van der Waals surface area contributed by atoms with Crippen LogP contribution < -0.4 is 10.6 Å². The minimum Gasteiger partial charge on any atom is -0.338 e. The molecule has 0 spiro atoms. The third-order valence-corrected chi connectivity index (χ3v) is 4.10. The van der Waals surface area contributed by atoms with E-state index in [-0.39, 0.29) is 21.6 Å². The number of nitrogens with zero attached hydrogens (tertiary/aromatic N) is 3. The highest BCUT2D eigenvalue weighted by Gasteiger charge is 2.32. The van der Waals surface area contributed by atoms with E-state index >= 15 is 0 Å². The van der Waals surface area contributed by atoms with Gasteiger partial charge in [-0.1, -0.05) is 30.3 Å². The highest BCUT2D eigenvalue weighted by Crippen LogP contribution is 2.33. The van der Waals surface area contributed by atoms with Crippen molar-refractivity contribution in [2.75, 3.05) is 12.3 Å².